The topological polar surface area (TPSA) is 196 Å². The number of aromatic hydroxyl groups is 1. The quantitative estimate of drug-likeness (QED) is 0.0474. The van der Waals surface area contributed by atoms with Crippen LogP contribution in [0.1, 0.15) is 76.4 Å². The number of likely N-dealkylation sites (tertiary alicyclic amines) is 1. The zero-order valence-electron chi connectivity index (χ0n) is 35.3. The van der Waals surface area contributed by atoms with Crippen LogP contribution in [0.25, 0.3) is 22.0 Å². The highest BCUT2D eigenvalue weighted by atomic mass is 16.4. The first kappa shape index (κ1) is 44.3. The van der Waals surface area contributed by atoms with Crippen molar-refractivity contribution in [2.75, 3.05) is 31.5 Å². The summed E-state index contributed by atoms with van der Waals surface area (Å²) in [6.07, 6.45) is 0.834. The smallest absolute Gasteiger partial charge is 0.409 e. The molecule has 0 radical (unpaired) electrons. The number of anilines is 1. The van der Waals surface area contributed by atoms with Crippen molar-refractivity contribution in [3.8, 4) is 16.9 Å². The van der Waals surface area contributed by atoms with Crippen LogP contribution >= 0.6 is 0 Å². The van der Waals surface area contributed by atoms with Crippen LogP contribution in [0.4, 0.5) is 10.5 Å². The minimum atomic E-state index is -1.09. The second-order valence-electron chi connectivity index (χ2n) is 16.2. The second kappa shape index (κ2) is 20.8. The van der Waals surface area contributed by atoms with E-state index in [1.807, 2.05) is 91.9 Å². The van der Waals surface area contributed by atoms with Gasteiger partial charge in [0, 0.05) is 61.2 Å². The molecule has 6 aromatic rings. The first-order chi connectivity index (χ1) is 30.5. The molecule has 2 heterocycles. The summed E-state index contributed by atoms with van der Waals surface area (Å²) in [4.78, 5) is 54.4. The number of carboxylic acid groups (broad SMARTS) is 1. The number of benzene rings is 5. The van der Waals surface area contributed by atoms with Gasteiger partial charge in [-0.25, -0.2) is 4.79 Å². The van der Waals surface area contributed by atoms with Crippen molar-refractivity contribution < 1.29 is 29.7 Å². The number of nitrogens with zero attached hydrogens (tertiary/aromatic N) is 1. The van der Waals surface area contributed by atoms with Gasteiger partial charge in [-0.15, -0.1) is 0 Å². The molecule has 1 aliphatic rings. The van der Waals surface area contributed by atoms with Crippen molar-refractivity contribution in [1.82, 2.24) is 25.8 Å². The lowest BCUT2D eigenvalue weighted by molar-refractivity contribution is -0.121. The van der Waals surface area contributed by atoms with E-state index in [-0.39, 0.29) is 41.6 Å². The molecule has 3 amide bonds. The van der Waals surface area contributed by atoms with Crippen LogP contribution in [0.15, 0.2) is 126 Å². The molecule has 1 fully saturated rings. The van der Waals surface area contributed by atoms with Gasteiger partial charge in [0.1, 0.15) is 5.75 Å². The molecule has 7 rings (SSSR count). The number of carbonyl (C=O) groups excluding carboxylic acids is 2. The molecular formula is C50H54N6O7. The summed E-state index contributed by atoms with van der Waals surface area (Å²) in [5.74, 6) is -0.133. The van der Waals surface area contributed by atoms with Gasteiger partial charge in [-0.2, -0.15) is 0 Å². The minimum Gasteiger partial charge on any atom is -0.506 e. The number of hydrogen-bond donors (Lipinski definition) is 8. The first-order valence-electron chi connectivity index (χ1n) is 21.4. The van der Waals surface area contributed by atoms with Crippen molar-refractivity contribution in [3.63, 3.8) is 0 Å². The maximum Gasteiger partial charge on any atom is 0.409 e. The summed E-state index contributed by atoms with van der Waals surface area (Å²) < 4.78 is 0. The van der Waals surface area contributed by atoms with Crippen molar-refractivity contribution in [3.05, 3.63) is 165 Å². The van der Waals surface area contributed by atoms with E-state index >= 15 is 0 Å². The van der Waals surface area contributed by atoms with Crippen LogP contribution < -0.4 is 26.8 Å². The molecule has 13 nitrogen and oxygen atoms in total. The fourth-order valence-corrected chi connectivity index (χ4v) is 8.33. The molecule has 0 aliphatic carbocycles. The highest BCUT2D eigenvalue weighted by Crippen LogP contribution is 2.39. The average molecular weight is 851 g/mol. The van der Waals surface area contributed by atoms with Crippen LogP contribution in [-0.2, 0) is 24.3 Å². The fourth-order valence-electron chi connectivity index (χ4n) is 8.33. The summed E-state index contributed by atoms with van der Waals surface area (Å²) in [5.41, 5.74) is 7.41. The van der Waals surface area contributed by atoms with Gasteiger partial charge in [-0.05, 0) is 103 Å². The number of para-hydroxylation sites is 1. The lowest BCUT2D eigenvalue weighted by atomic mass is 9.86. The summed E-state index contributed by atoms with van der Waals surface area (Å²) in [7, 11) is 0. The van der Waals surface area contributed by atoms with Crippen molar-refractivity contribution >= 4 is 34.5 Å². The number of phenolic OH excluding ortho intramolecular Hbond substituents is 1. The monoisotopic (exact) mass is 850 g/mol. The number of aromatic nitrogens is 1. The molecule has 0 bridgehead atoms. The highest BCUT2D eigenvalue weighted by Gasteiger charge is 2.25. The molecule has 1 aromatic heterocycles. The van der Waals surface area contributed by atoms with E-state index in [9.17, 15) is 34.5 Å². The first-order valence-corrected chi connectivity index (χ1v) is 21.4. The number of rotatable bonds is 17. The molecule has 0 saturated carbocycles. The van der Waals surface area contributed by atoms with E-state index in [4.69, 9.17) is 0 Å². The number of piperidine rings is 1. The maximum absolute atomic E-state index is 13.1. The molecule has 13 heteroatoms. The average Bonchev–Trinajstić information content (AvgIpc) is 3.30. The number of aromatic amines is 1. The second-order valence-corrected chi connectivity index (χ2v) is 16.2. The number of aliphatic hydroxyl groups is 1. The number of hydrogen-bond acceptors (Lipinski definition) is 8. The van der Waals surface area contributed by atoms with Crippen molar-refractivity contribution in [1.29, 1.82) is 0 Å². The van der Waals surface area contributed by atoms with Crippen LogP contribution in [-0.4, -0.2) is 75.3 Å². The lowest BCUT2D eigenvalue weighted by Crippen LogP contribution is -2.36. The number of carbonyl (C=O) groups is 3. The van der Waals surface area contributed by atoms with E-state index in [1.54, 1.807) is 24.3 Å². The Balaban J connectivity index is 0.816. The van der Waals surface area contributed by atoms with Crippen molar-refractivity contribution in [2.24, 2.45) is 0 Å². The zero-order valence-corrected chi connectivity index (χ0v) is 35.3. The molecule has 5 aromatic carbocycles. The zero-order chi connectivity index (χ0) is 44.3. The maximum atomic E-state index is 13.1. The summed E-state index contributed by atoms with van der Waals surface area (Å²) in [6, 6.07) is 37.1. The number of nitrogens with one attached hydrogen (secondary N) is 5. The summed E-state index contributed by atoms with van der Waals surface area (Å²) >= 11 is 0. The minimum absolute atomic E-state index is 0.0461. The predicted octanol–water partition coefficient (Wildman–Crippen LogP) is 7.06. The van der Waals surface area contributed by atoms with Gasteiger partial charge >= 0.3 is 6.09 Å². The van der Waals surface area contributed by atoms with Gasteiger partial charge in [0.2, 0.25) is 11.5 Å². The molecule has 2 atom stereocenters. The predicted molar refractivity (Wildman–Crippen MR) is 245 cm³/mol. The van der Waals surface area contributed by atoms with Gasteiger partial charge in [-0.3, -0.25) is 19.7 Å². The number of amides is 3. The molecule has 1 aliphatic heterocycles. The van der Waals surface area contributed by atoms with E-state index in [2.05, 4.69) is 31.2 Å². The largest absolute Gasteiger partial charge is 0.506 e. The number of pyridine rings is 1. The Kier molecular flexibility index (Phi) is 14.6. The lowest BCUT2D eigenvalue weighted by Gasteiger charge is -2.33. The third-order valence-corrected chi connectivity index (χ3v) is 11.7. The molecular weight excluding hydrogens is 797 g/mol. The van der Waals surface area contributed by atoms with Gasteiger partial charge in [0.05, 0.1) is 17.3 Å². The standard InChI is InChI=1S/C50H54N6O7/c1-32(51-31-44(58)41-17-19-43(57)48-42(41)18-20-46(60)54-48)27-33-13-15-34(16-14-33)29-53-49(61)38-10-5-7-35(28-38)30-52-45(59)23-26-56-24-21-37(22-25-56)40-12-6-11-39(47(40)55-50(62)63)36-8-3-2-4-9-36/h2-20,28,32,37,44,51,55,57-58H,21-27,29-31H2,1H3,(H,52,59)(H,53,61)(H,54,60)(H,62,63)/t32?,44-/m0/s1. The molecule has 1 unspecified atom stereocenters. The van der Waals surface area contributed by atoms with Gasteiger partial charge in [0.15, 0.2) is 0 Å². The van der Waals surface area contributed by atoms with E-state index in [1.165, 1.54) is 12.1 Å². The van der Waals surface area contributed by atoms with E-state index < -0.39 is 12.2 Å². The third-order valence-electron chi connectivity index (χ3n) is 11.7. The molecule has 0 spiro atoms. The molecule has 8 N–H and O–H groups in total. The van der Waals surface area contributed by atoms with Gasteiger partial charge in [0.25, 0.3) is 5.91 Å². The Morgan fingerprint density at radius 2 is 1.54 bits per heavy atom. The van der Waals surface area contributed by atoms with Crippen LogP contribution in [0.3, 0.4) is 0 Å². The Bertz CT molecular complexity index is 2590. The fraction of sp³-hybridized carbons (Fsp3) is 0.280. The normalized spacial score (nSPS) is 14.2. The van der Waals surface area contributed by atoms with Gasteiger partial charge < -0.3 is 41.2 Å². The highest BCUT2D eigenvalue weighted by molar-refractivity contribution is 5.94. The number of H-pyrrole nitrogens is 1. The van der Waals surface area contributed by atoms with E-state index in [0.717, 1.165) is 59.3 Å². The Morgan fingerprint density at radius 3 is 2.30 bits per heavy atom. The van der Waals surface area contributed by atoms with Crippen LogP contribution in [0.2, 0.25) is 0 Å². The molecule has 63 heavy (non-hydrogen) atoms. The van der Waals surface area contributed by atoms with Crippen molar-refractivity contribution in [2.45, 2.75) is 63.8 Å². The number of aliphatic hydroxyl groups excluding tert-OH is 1. The Morgan fingerprint density at radius 1 is 0.810 bits per heavy atom. The SMILES string of the molecule is CC(Cc1ccc(CNC(=O)c2cccc(CNC(=O)CCN3CCC(c4cccc(-c5ccccc5)c4NC(=O)O)CC3)c2)cc1)NC[C@H](O)c1ccc(O)c2[nH]c(=O)ccc12. The Hall–Kier alpha value is -6.80. The Labute approximate surface area is 366 Å². The summed E-state index contributed by atoms with van der Waals surface area (Å²) in [6.45, 7) is 5.21. The summed E-state index contributed by atoms with van der Waals surface area (Å²) in [5, 5.41) is 43.3. The molecule has 1 saturated heterocycles. The number of fused-ring (bicyclic) bond motifs is 1. The third kappa shape index (κ3) is 11.8. The molecule has 326 valence electrons. The van der Waals surface area contributed by atoms with Crippen LogP contribution in [0, 0.1) is 0 Å². The number of phenols is 1. The van der Waals surface area contributed by atoms with Crippen LogP contribution in [0.5, 0.6) is 5.75 Å². The van der Waals surface area contributed by atoms with Gasteiger partial charge in [-0.1, -0.05) is 91.0 Å². The van der Waals surface area contributed by atoms with E-state index in [0.29, 0.717) is 60.2 Å².